The molecule has 1 N–H and O–H groups in total. The molecule has 0 aliphatic carbocycles. The number of nitrogens with zero attached hydrogens (tertiary/aromatic N) is 4. The summed E-state index contributed by atoms with van der Waals surface area (Å²) in [4.78, 5) is 22.8. The molecule has 0 amide bonds. The Labute approximate surface area is 229 Å². The second-order valence-electron chi connectivity index (χ2n) is 10.8. The number of likely N-dealkylation sites (N-methyl/N-ethyl adjacent to an activating group) is 1. The fraction of sp³-hybridized carbons (Fsp3) is 0.500. The zero-order valence-corrected chi connectivity index (χ0v) is 22.9. The fourth-order valence-corrected chi connectivity index (χ4v) is 6.18. The van der Waals surface area contributed by atoms with Gasteiger partial charge < -0.3 is 33.7 Å². The van der Waals surface area contributed by atoms with Gasteiger partial charge in [-0.1, -0.05) is 0 Å². The van der Waals surface area contributed by atoms with Gasteiger partial charge in [-0.15, -0.1) is 0 Å². The minimum atomic E-state index is -0.265. The maximum Gasteiger partial charge on any atom is 0.197 e. The van der Waals surface area contributed by atoms with E-state index in [1.807, 2.05) is 12.1 Å². The van der Waals surface area contributed by atoms with Crippen LogP contribution in [0.4, 0.5) is 11.4 Å². The van der Waals surface area contributed by atoms with Crippen molar-refractivity contribution in [2.75, 3.05) is 89.5 Å². The topological polar surface area (TPSA) is 81.9 Å². The van der Waals surface area contributed by atoms with E-state index in [0.717, 1.165) is 95.4 Å². The van der Waals surface area contributed by atoms with Gasteiger partial charge in [-0.2, -0.15) is 0 Å². The van der Waals surface area contributed by atoms with Crippen molar-refractivity contribution in [3.63, 3.8) is 0 Å². The maximum atomic E-state index is 13.3. The van der Waals surface area contributed by atoms with Crippen molar-refractivity contribution in [2.24, 2.45) is 0 Å². The minimum Gasteiger partial charge on any atom is -0.507 e. The van der Waals surface area contributed by atoms with Crippen molar-refractivity contribution in [1.29, 1.82) is 0 Å². The summed E-state index contributed by atoms with van der Waals surface area (Å²) in [5.41, 5.74) is 2.84. The van der Waals surface area contributed by atoms with Crippen LogP contribution in [0.1, 0.15) is 12.8 Å². The summed E-state index contributed by atoms with van der Waals surface area (Å²) in [5, 5.41) is 11.0. The molecular formula is C30H38N4O5. The molecule has 3 fully saturated rings. The molecular weight excluding hydrogens is 496 g/mol. The first-order valence-corrected chi connectivity index (χ1v) is 14.0. The number of ether oxygens (including phenoxy) is 2. The summed E-state index contributed by atoms with van der Waals surface area (Å²) >= 11 is 0. The molecule has 208 valence electrons. The summed E-state index contributed by atoms with van der Waals surface area (Å²) in [6, 6.07) is 11.7. The van der Waals surface area contributed by atoms with Crippen LogP contribution in [0.15, 0.2) is 45.6 Å². The van der Waals surface area contributed by atoms with Crippen LogP contribution in [0.2, 0.25) is 0 Å². The van der Waals surface area contributed by atoms with Gasteiger partial charge in [-0.05, 0) is 44.2 Å². The van der Waals surface area contributed by atoms with Crippen LogP contribution in [0.25, 0.3) is 22.3 Å². The first-order valence-electron chi connectivity index (χ1n) is 14.0. The lowest BCUT2D eigenvalue weighted by atomic mass is 10.0. The van der Waals surface area contributed by atoms with Crippen LogP contribution < -0.4 is 20.0 Å². The van der Waals surface area contributed by atoms with Gasteiger partial charge in [-0.25, -0.2) is 0 Å². The Morgan fingerprint density at radius 2 is 1.59 bits per heavy atom. The molecule has 3 aromatic rings. The number of morpholine rings is 1. The summed E-state index contributed by atoms with van der Waals surface area (Å²) in [6.07, 6.45) is 2.01. The Morgan fingerprint density at radius 1 is 0.897 bits per heavy atom. The molecule has 0 spiro atoms. The number of piperazine rings is 1. The highest BCUT2D eigenvalue weighted by molar-refractivity contribution is 5.97. The SMILES string of the molecule is COc1cc(O)c2c(=O)cc(-c3ccc(N4CCN(C)CC4)cc3)oc2c1N1CCC(N2CCOCC2)CC1. The van der Waals surface area contributed by atoms with Crippen molar-refractivity contribution in [3.05, 3.63) is 46.6 Å². The molecule has 9 heteroatoms. The molecule has 0 bridgehead atoms. The maximum absolute atomic E-state index is 13.3. The minimum absolute atomic E-state index is 0.125. The standard InChI is InChI=1S/C30H38N4O5/c1-31-11-13-32(14-12-31)22-5-3-21(4-6-22)26-19-24(35)28-25(36)20-27(37-2)29(30(28)39-26)34-9-7-23(8-10-34)33-15-17-38-18-16-33/h3-6,19-20,23,36H,7-18H2,1-2H3. The number of fused-ring (bicyclic) bond motifs is 1. The number of hydrogen-bond acceptors (Lipinski definition) is 9. The van der Waals surface area contributed by atoms with Gasteiger partial charge in [0.05, 0.1) is 20.3 Å². The first-order chi connectivity index (χ1) is 19.0. The van der Waals surface area contributed by atoms with Crippen molar-refractivity contribution >= 4 is 22.3 Å². The smallest absolute Gasteiger partial charge is 0.197 e. The lowest BCUT2D eigenvalue weighted by Gasteiger charge is -2.41. The van der Waals surface area contributed by atoms with Gasteiger partial charge in [0.2, 0.25) is 0 Å². The van der Waals surface area contributed by atoms with Crippen molar-refractivity contribution < 1.29 is 19.0 Å². The quantitative estimate of drug-likeness (QED) is 0.531. The molecule has 0 saturated carbocycles. The van der Waals surface area contributed by atoms with Gasteiger partial charge >= 0.3 is 0 Å². The van der Waals surface area contributed by atoms with E-state index < -0.39 is 0 Å². The van der Waals surface area contributed by atoms with E-state index in [0.29, 0.717) is 23.1 Å². The summed E-state index contributed by atoms with van der Waals surface area (Å²) < 4.78 is 17.7. The summed E-state index contributed by atoms with van der Waals surface area (Å²) in [5.74, 6) is 0.865. The zero-order chi connectivity index (χ0) is 26.9. The number of aromatic hydroxyl groups is 1. The molecule has 3 saturated heterocycles. The number of piperidine rings is 1. The Kier molecular flexibility index (Phi) is 7.38. The number of methoxy groups -OCH3 is 1. The lowest BCUT2D eigenvalue weighted by molar-refractivity contribution is 0.0115. The molecule has 0 unspecified atom stereocenters. The molecule has 4 heterocycles. The highest BCUT2D eigenvalue weighted by atomic mass is 16.5. The number of anilines is 2. The molecule has 0 atom stereocenters. The van der Waals surface area contributed by atoms with Gasteiger partial charge in [0.1, 0.15) is 28.3 Å². The van der Waals surface area contributed by atoms with E-state index >= 15 is 0 Å². The average molecular weight is 535 g/mol. The third-order valence-electron chi connectivity index (χ3n) is 8.50. The monoisotopic (exact) mass is 534 g/mol. The molecule has 1 aromatic heterocycles. The van der Waals surface area contributed by atoms with Gasteiger partial charge in [0.25, 0.3) is 0 Å². The highest BCUT2D eigenvalue weighted by Crippen LogP contribution is 2.42. The fourth-order valence-electron chi connectivity index (χ4n) is 6.18. The second-order valence-corrected chi connectivity index (χ2v) is 10.8. The first kappa shape index (κ1) is 26.0. The average Bonchev–Trinajstić information content (AvgIpc) is 2.98. The van der Waals surface area contributed by atoms with E-state index in [1.54, 1.807) is 7.11 Å². The Morgan fingerprint density at radius 3 is 2.26 bits per heavy atom. The van der Waals surface area contributed by atoms with E-state index in [2.05, 4.69) is 38.8 Å². The van der Waals surface area contributed by atoms with Crippen LogP contribution in [0.3, 0.4) is 0 Å². The molecule has 9 nitrogen and oxygen atoms in total. The van der Waals surface area contributed by atoms with Crippen LogP contribution in [0.5, 0.6) is 11.5 Å². The Bertz CT molecular complexity index is 1350. The van der Waals surface area contributed by atoms with Gasteiger partial charge in [0, 0.05) is 81.8 Å². The Balaban J connectivity index is 1.32. The second kappa shape index (κ2) is 11.1. The van der Waals surface area contributed by atoms with E-state index in [-0.39, 0.29) is 16.6 Å². The van der Waals surface area contributed by atoms with Crippen LogP contribution >= 0.6 is 0 Å². The number of hydrogen-bond donors (Lipinski definition) is 1. The number of phenols is 1. The highest BCUT2D eigenvalue weighted by Gasteiger charge is 2.30. The third-order valence-corrected chi connectivity index (χ3v) is 8.50. The zero-order valence-electron chi connectivity index (χ0n) is 22.9. The van der Waals surface area contributed by atoms with E-state index in [1.165, 1.54) is 12.1 Å². The molecule has 39 heavy (non-hydrogen) atoms. The van der Waals surface area contributed by atoms with Crippen LogP contribution in [-0.2, 0) is 4.74 Å². The van der Waals surface area contributed by atoms with Crippen molar-refractivity contribution in [1.82, 2.24) is 9.80 Å². The van der Waals surface area contributed by atoms with Gasteiger partial charge in [-0.3, -0.25) is 9.69 Å². The summed E-state index contributed by atoms with van der Waals surface area (Å²) in [7, 11) is 3.74. The predicted octanol–water partition coefficient (Wildman–Crippen LogP) is 3.23. The van der Waals surface area contributed by atoms with Gasteiger partial charge in [0.15, 0.2) is 11.0 Å². The normalized spacial score (nSPS) is 20.1. The van der Waals surface area contributed by atoms with Crippen LogP contribution in [-0.4, -0.2) is 101 Å². The molecule has 3 aliphatic rings. The largest absolute Gasteiger partial charge is 0.507 e. The predicted molar refractivity (Wildman–Crippen MR) is 153 cm³/mol. The van der Waals surface area contributed by atoms with E-state index in [9.17, 15) is 9.90 Å². The number of benzene rings is 2. The lowest BCUT2D eigenvalue weighted by Crippen LogP contribution is -2.49. The Hall–Kier alpha value is -3.27. The number of rotatable bonds is 5. The molecule has 6 rings (SSSR count). The molecule has 3 aliphatic heterocycles. The molecule has 0 radical (unpaired) electrons. The summed E-state index contributed by atoms with van der Waals surface area (Å²) in [6.45, 7) is 9.22. The molecule has 2 aromatic carbocycles. The third kappa shape index (κ3) is 5.18. The van der Waals surface area contributed by atoms with Crippen LogP contribution in [0, 0.1) is 0 Å². The van der Waals surface area contributed by atoms with Crippen molar-refractivity contribution in [3.8, 4) is 22.8 Å². The number of phenolic OH excluding ortho intramolecular Hbond substituents is 1. The van der Waals surface area contributed by atoms with E-state index in [4.69, 9.17) is 13.9 Å². The van der Waals surface area contributed by atoms with Crippen molar-refractivity contribution in [2.45, 2.75) is 18.9 Å².